The zero-order valence-electron chi connectivity index (χ0n) is 12.4. The first-order valence-corrected chi connectivity index (χ1v) is 8.17. The molecular formula is C17H22ClNO2. The summed E-state index contributed by atoms with van der Waals surface area (Å²) in [5.41, 5.74) is 1.17. The van der Waals surface area contributed by atoms with Crippen LogP contribution in [0.2, 0.25) is 5.02 Å². The molecule has 0 aliphatic carbocycles. The van der Waals surface area contributed by atoms with Gasteiger partial charge in [-0.1, -0.05) is 23.7 Å². The number of carbonyl (C=O) groups is 1. The number of aryl methyl sites for hydroxylation is 1. The van der Waals surface area contributed by atoms with E-state index in [2.05, 4.69) is 6.92 Å². The van der Waals surface area contributed by atoms with Crippen molar-refractivity contribution in [3.63, 3.8) is 0 Å². The summed E-state index contributed by atoms with van der Waals surface area (Å²) in [6.07, 6.45) is 4.17. The molecule has 3 atom stereocenters. The van der Waals surface area contributed by atoms with Gasteiger partial charge in [0.25, 0.3) is 0 Å². The molecule has 0 spiro atoms. The predicted octanol–water partition coefficient (Wildman–Crippen LogP) is 3.30. The predicted molar refractivity (Wildman–Crippen MR) is 83.4 cm³/mol. The lowest BCUT2D eigenvalue weighted by Gasteiger charge is -2.34. The number of nitrogens with zero attached hydrogens (tertiary/aromatic N) is 1. The molecule has 2 heterocycles. The van der Waals surface area contributed by atoms with E-state index < -0.39 is 0 Å². The van der Waals surface area contributed by atoms with Crippen LogP contribution in [0.5, 0.6) is 0 Å². The topological polar surface area (TPSA) is 29.5 Å². The Morgan fingerprint density at radius 3 is 2.90 bits per heavy atom. The van der Waals surface area contributed by atoms with Crippen LogP contribution < -0.4 is 0 Å². The maximum Gasteiger partial charge on any atom is 0.222 e. The van der Waals surface area contributed by atoms with E-state index in [1.54, 1.807) is 0 Å². The summed E-state index contributed by atoms with van der Waals surface area (Å²) in [6, 6.07) is 7.75. The normalized spacial score (nSPS) is 28.5. The number of amides is 1. The number of benzene rings is 1. The second kappa shape index (κ2) is 6.37. The van der Waals surface area contributed by atoms with E-state index in [-0.39, 0.29) is 5.91 Å². The molecular weight excluding hydrogens is 286 g/mol. The van der Waals surface area contributed by atoms with Crippen LogP contribution >= 0.6 is 11.6 Å². The first kappa shape index (κ1) is 14.9. The monoisotopic (exact) mass is 307 g/mol. The van der Waals surface area contributed by atoms with Crippen molar-refractivity contribution in [3.05, 3.63) is 34.9 Å². The molecule has 1 aromatic rings. The van der Waals surface area contributed by atoms with Gasteiger partial charge in [-0.2, -0.15) is 0 Å². The average molecular weight is 308 g/mol. The van der Waals surface area contributed by atoms with Crippen molar-refractivity contribution in [2.24, 2.45) is 5.92 Å². The van der Waals surface area contributed by atoms with E-state index in [9.17, 15) is 4.79 Å². The molecule has 1 amide bonds. The van der Waals surface area contributed by atoms with Crippen molar-refractivity contribution in [3.8, 4) is 0 Å². The number of hydrogen-bond donors (Lipinski definition) is 0. The lowest BCUT2D eigenvalue weighted by atomic mass is 9.93. The third kappa shape index (κ3) is 3.58. The number of ether oxygens (including phenoxy) is 1. The van der Waals surface area contributed by atoms with Gasteiger partial charge in [-0.3, -0.25) is 4.79 Å². The molecule has 3 rings (SSSR count). The van der Waals surface area contributed by atoms with Crippen LogP contribution in [0.3, 0.4) is 0 Å². The Labute approximate surface area is 131 Å². The minimum atomic E-state index is 0.267. The van der Waals surface area contributed by atoms with E-state index >= 15 is 0 Å². The van der Waals surface area contributed by atoms with Gasteiger partial charge in [-0.05, 0) is 43.9 Å². The van der Waals surface area contributed by atoms with E-state index in [0.29, 0.717) is 24.5 Å². The Morgan fingerprint density at radius 1 is 1.38 bits per heavy atom. The summed E-state index contributed by atoms with van der Waals surface area (Å²) in [5, 5.41) is 0.738. The van der Waals surface area contributed by atoms with Crippen molar-refractivity contribution in [2.45, 2.75) is 44.8 Å². The highest BCUT2D eigenvalue weighted by molar-refractivity contribution is 6.30. The molecule has 2 aliphatic heterocycles. The van der Waals surface area contributed by atoms with Crippen LogP contribution in [0.15, 0.2) is 24.3 Å². The SMILES string of the molecule is C[C@H]1C[C@H]2CN(C(=O)CCc3ccc(Cl)cc3)CC[C@H]2O1. The lowest BCUT2D eigenvalue weighted by Crippen LogP contribution is -2.44. The van der Waals surface area contributed by atoms with E-state index in [0.717, 1.165) is 37.4 Å². The van der Waals surface area contributed by atoms with Crippen molar-refractivity contribution in [2.75, 3.05) is 13.1 Å². The summed E-state index contributed by atoms with van der Waals surface area (Å²) in [4.78, 5) is 14.4. The number of rotatable bonds is 3. The Bertz CT molecular complexity index is 502. The Kier molecular flexibility index (Phi) is 4.51. The minimum absolute atomic E-state index is 0.267. The van der Waals surface area contributed by atoms with Crippen LogP contribution in [-0.2, 0) is 16.0 Å². The molecule has 0 aromatic heterocycles. The number of likely N-dealkylation sites (tertiary alicyclic amines) is 1. The molecule has 1 aromatic carbocycles. The zero-order valence-corrected chi connectivity index (χ0v) is 13.2. The number of fused-ring (bicyclic) bond motifs is 1. The van der Waals surface area contributed by atoms with E-state index in [1.807, 2.05) is 29.2 Å². The smallest absolute Gasteiger partial charge is 0.222 e. The fraction of sp³-hybridized carbons (Fsp3) is 0.588. The Hall–Kier alpha value is -1.06. The summed E-state index contributed by atoms with van der Waals surface area (Å²) in [5.74, 6) is 0.802. The maximum absolute atomic E-state index is 12.4. The van der Waals surface area contributed by atoms with Crippen LogP contribution in [0.4, 0.5) is 0 Å². The summed E-state index contributed by atoms with van der Waals surface area (Å²) in [6.45, 7) is 3.84. The number of piperidine rings is 1. The summed E-state index contributed by atoms with van der Waals surface area (Å²) < 4.78 is 5.88. The second-order valence-electron chi connectivity index (χ2n) is 6.24. The van der Waals surface area contributed by atoms with Crippen LogP contribution in [0.25, 0.3) is 0 Å². The van der Waals surface area contributed by atoms with Crippen LogP contribution in [0.1, 0.15) is 31.7 Å². The highest BCUT2D eigenvalue weighted by atomic mass is 35.5. The first-order valence-electron chi connectivity index (χ1n) is 7.79. The lowest BCUT2D eigenvalue weighted by molar-refractivity contribution is -0.134. The van der Waals surface area contributed by atoms with E-state index in [4.69, 9.17) is 16.3 Å². The third-order valence-electron chi connectivity index (χ3n) is 4.60. The molecule has 0 bridgehead atoms. The largest absolute Gasteiger partial charge is 0.375 e. The minimum Gasteiger partial charge on any atom is -0.375 e. The van der Waals surface area contributed by atoms with Gasteiger partial charge in [-0.25, -0.2) is 0 Å². The molecule has 2 saturated heterocycles. The number of hydrogen-bond acceptors (Lipinski definition) is 2. The van der Waals surface area contributed by atoms with Crippen molar-refractivity contribution in [1.82, 2.24) is 4.90 Å². The molecule has 0 N–H and O–H groups in total. The molecule has 114 valence electrons. The van der Waals surface area contributed by atoms with Gasteiger partial charge in [0.2, 0.25) is 5.91 Å². The van der Waals surface area contributed by atoms with Gasteiger partial charge in [0.1, 0.15) is 0 Å². The van der Waals surface area contributed by atoms with E-state index in [1.165, 1.54) is 5.56 Å². The average Bonchev–Trinajstić information content (AvgIpc) is 2.85. The molecule has 2 aliphatic rings. The molecule has 0 unspecified atom stereocenters. The van der Waals surface area contributed by atoms with Crippen LogP contribution in [-0.4, -0.2) is 36.1 Å². The number of carbonyl (C=O) groups excluding carboxylic acids is 1. The fourth-order valence-electron chi connectivity index (χ4n) is 3.48. The molecule has 3 nitrogen and oxygen atoms in total. The molecule has 2 fully saturated rings. The van der Waals surface area contributed by atoms with Crippen molar-refractivity contribution >= 4 is 17.5 Å². The molecule has 0 radical (unpaired) electrons. The second-order valence-corrected chi connectivity index (χ2v) is 6.67. The van der Waals surface area contributed by atoms with Crippen molar-refractivity contribution in [1.29, 1.82) is 0 Å². The van der Waals surface area contributed by atoms with Gasteiger partial charge in [0.15, 0.2) is 0 Å². The van der Waals surface area contributed by atoms with Crippen molar-refractivity contribution < 1.29 is 9.53 Å². The van der Waals surface area contributed by atoms with Gasteiger partial charge >= 0.3 is 0 Å². The molecule has 4 heteroatoms. The molecule has 21 heavy (non-hydrogen) atoms. The maximum atomic E-state index is 12.4. The Balaban J connectivity index is 1.50. The standard InChI is InChI=1S/C17H22ClNO2/c1-12-10-14-11-19(9-8-16(14)21-12)17(20)7-4-13-2-5-15(18)6-3-13/h2-3,5-6,12,14,16H,4,7-11H2,1H3/t12-,14-,16+/m0/s1. The quantitative estimate of drug-likeness (QED) is 0.857. The highest BCUT2D eigenvalue weighted by Gasteiger charge is 2.38. The summed E-state index contributed by atoms with van der Waals surface area (Å²) in [7, 11) is 0. The number of halogens is 1. The highest BCUT2D eigenvalue weighted by Crippen LogP contribution is 2.32. The Morgan fingerprint density at radius 2 is 2.14 bits per heavy atom. The van der Waals surface area contributed by atoms with Crippen LogP contribution in [0, 0.1) is 5.92 Å². The zero-order chi connectivity index (χ0) is 14.8. The molecule has 0 saturated carbocycles. The summed E-state index contributed by atoms with van der Waals surface area (Å²) >= 11 is 5.87. The van der Waals surface area contributed by atoms with Gasteiger partial charge in [0, 0.05) is 30.5 Å². The van der Waals surface area contributed by atoms with Gasteiger partial charge in [-0.15, -0.1) is 0 Å². The third-order valence-corrected chi connectivity index (χ3v) is 4.85. The fourth-order valence-corrected chi connectivity index (χ4v) is 3.61. The van der Waals surface area contributed by atoms with Gasteiger partial charge in [0.05, 0.1) is 12.2 Å². The van der Waals surface area contributed by atoms with Gasteiger partial charge < -0.3 is 9.64 Å². The first-order chi connectivity index (χ1) is 10.1.